The van der Waals surface area contributed by atoms with Crippen LogP contribution < -0.4 is 15.1 Å². The van der Waals surface area contributed by atoms with E-state index in [4.69, 9.17) is 9.72 Å². The normalized spacial score (nSPS) is 16.9. The van der Waals surface area contributed by atoms with Crippen LogP contribution in [-0.2, 0) is 11.3 Å². The highest BCUT2D eigenvalue weighted by molar-refractivity contribution is 7.16. The number of amides is 1. The molecule has 1 aromatic carbocycles. The van der Waals surface area contributed by atoms with Gasteiger partial charge < -0.3 is 19.9 Å². The minimum atomic E-state index is -0.152. The number of fused-ring (bicyclic) bond motifs is 1. The first kappa shape index (κ1) is 19.1. The summed E-state index contributed by atoms with van der Waals surface area (Å²) in [6.07, 6.45) is 2.29. The van der Waals surface area contributed by atoms with Gasteiger partial charge >= 0.3 is 0 Å². The van der Waals surface area contributed by atoms with Crippen molar-refractivity contribution in [1.82, 2.24) is 25.3 Å². The lowest BCUT2D eigenvalue weighted by molar-refractivity contribution is 0.0950. The summed E-state index contributed by atoms with van der Waals surface area (Å²) in [7, 11) is 0. The summed E-state index contributed by atoms with van der Waals surface area (Å²) in [5.41, 5.74) is 3.29. The van der Waals surface area contributed by atoms with Crippen molar-refractivity contribution in [2.24, 2.45) is 0 Å². The first-order chi connectivity index (χ1) is 14.8. The third-order valence-corrected chi connectivity index (χ3v) is 6.13. The molecule has 2 aliphatic heterocycles. The molecule has 4 heterocycles. The van der Waals surface area contributed by atoms with E-state index >= 15 is 0 Å². The van der Waals surface area contributed by atoms with Gasteiger partial charge in [-0.15, -0.1) is 11.3 Å². The molecule has 3 aromatic rings. The molecule has 0 spiro atoms. The van der Waals surface area contributed by atoms with E-state index in [1.54, 1.807) is 11.6 Å². The number of anilines is 2. The van der Waals surface area contributed by atoms with Crippen LogP contribution in [0.15, 0.2) is 23.7 Å². The average Bonchev–Trinajstić information content (AvgIpc) is 3.49. The zero-order valence-corrected chi connectivity index (χ0v) is 17.4. The summed E-state index contributed by atoms with van der Waals surface area (Å²) >= 11 is 1.52. The maximum Gasteiger partial charge on any atom is 0.251 e. The molecule has 0 saturated carbocycles. The molecule has 9 nitrogen and oxygen atoms in total. The van der Waals surface area contributed by atoms with Crippen LogP contribution in [-0.4, -0.2) is 65.2 Å². The zero-order valence-electron chi connectivity index (χ0n) is 16.6. The third-order valence-electron chi connectivity index (χ3n) is 5.34. The van der Waals surface area contributed by atoms with Crippen LogP contribution in [0, 0.1) is 0 Å². The molecule has 0 aliphatic carbocycles. The Balaban J connectivity index is 1.35. The summed E-state index contributed by atoms with van der Waals surface area (Å²) < 4.78 is 6.44. The van der Waals surface area contributed by atoms with Gasteiger partial charge in [0.05, 0.1) is 35.5 Å². The van der Waals surface area contributed by atoms with Gasteiger partial charge in [0.25, 0.3) is 5.91 Å². The molecule has 30 heavy (non-hydrogen) atoms. The predicted octanol–water partition coefficient (Wildman–Crippen LogP) is 1.85. The molecule has 1 amide bonds. The van der Waals surface area contributed by atoms with Gasteiger partial charge in [-0.05, 0) is 31.0 Å². The van der Waals surface area contributed by atoms with Gasteiger partial charge in [0.15, 0.2) is 5.82 Å². The number of ether oxygens (including phenoxy) is 1. The van der Waals surface area contributed by atoms with Gasteiger partial charge in [0, 0.05) is 31.7 Å². The Morgan fingerprint density at radius 3 is 2.53 bits per heavy atom. The van der Waals surface area contributed by atoms with Crippen LogP contribution in [0.1, 0.15) is 29.0 Å². The van der Waals surface area contributed by atoms with E-state index < -0.39 is 0 Å². The number of nitrogens with zero attached hydrogens (tertiary/aromatic N) is 6. The summed E-state index contributed by atoms with van der Waals surface area (Å²) in [6, 6.07) is 5.52. The minimum absolute atomic E-state index is 0.152. The van der Waals surface area contributed by atoms with Crippen molar-refractivity contribution in [2.75, 3.05) is 49.2 Å². The number of benzene rings is 1. The highest BCUT2D eigenvalue weighted by atomic mass is 32.1. The largest absolute Gasteiger partial charge is 0.378 e. The second-order valence-corrected chi connectivity index (χ2v) is 8.25. The van der Waals surface area contributed by atoms with Crippen LogP contribution in [0.5, 0.6) is 0 Å². The van der Waals surface area contributed by atoms with Gasteiger partial charge in [-0.25, -0.2) is 4.98 Å². The molecule has 156 valence electrons. The van der Waals surface area contributed by atoms with Crippen LogP contribution >= 0.6 is 11.3 Å². The number of aromatic nitrogens is 4. The van der Waals surface area contributed by atoms with E-state index in [1.807, 2.05) is 12.1 Å². The molecule has 2 fully saturated rings. The Bertz CT molecular complexity index is 1040. The molecule has 0 bridgehead atoms. The molecule has 0 atom stereocenters. The van der Waals surface area contributed by atoms with Gasteiger partial charge in [0.2, 0.25) is 11.9 Å². The van der Waals surface area contributed by atoms with Crippen molar-refractivity contribution in [3.8, 4) is 0 Å². The number of carbonyl (C=O) groups excluding carboxylic acids is 1. The molecule has 0 unspecified atom stereocenters. The van der Waals surface area contributed by atoms with Crippen molar-refractivity contribution in [3.63, 3.8) is 0 Å². The summed E-state index contributed by atoms with van der Waals surface area (Å²) in [4.78, 5) is 35.2. The lowest BCUT2D eigenvalue weighted by Crippen LogP contribution is -2.38. The topological polar surface area (TPSA) is 96.4 Å². The minimum Gasteiger partial charge on any atom is -0.378 e. The standard InChI is InChI=1S/C20H23N7O2S/c28-18(14-3-4-15-16(11-14)30-13-22-15)21-12-17-23-19(26-5-1-2-6-26)25-20(24-17)27-7-9-29-10-8-27/h3-4,11,13H,1-2,5-10,12H2,(H,21,28). The molecular weight excluding hydrogens is 402 g/mol. The number of morpholine rings is 1. The van der Waals surface area contributed by atoms with Crippen LogP contribution in [0.3, 0.4) is 0 Å². The Hall–Kier alpha value is -2.85. The average molecular weight is 426 g/mol. The van der Waals surface area contributed by atoms with Gasteiger partial charge in [0.1, 0.15) is 0 Å². The Kier molecular flexibility index (Phi) is 5.41. The molecular formula is C20H23N7O2S. The predicted molar refractivity (Wildman–Crippen MR) is 115 cm³/mol. The van der Waals surface area contributed by atoms with Crippen molar-refractivity contribution in [1.29, 1.82) is 0 Å². The van der Waals surface area contributed by atoms with Gasteiger partial charge in [-0.3, -0.25) is 4.79 Å². The SMILES string of the molecule is O=C(NCc1nc(N2CCCC2)nc(N2CCOCC2)n1)c1ccc2ncsc2c1. The number of hydrogen-bond acceptors (Lipinski definition) is 9. The molecule has 2 saturated heterocycles. The number of thiazole rings is 1. The lowest BCUT2D eigenvalue weighted by Gasteiger charge is -2.28. The number of carbonyl (C=O) groups is 1. The Labute approximate surface area is 178 Å². The lowest BCUT2D eigenvalue weighted by atomic mass is 10.2. The monoisotopic (exact) mass is 425 g/mol. The maximum absolute atomic E-state index is 12.7. The van der Waals surface area contributed by atoms with E-state index in [1.165, 1.54) is 11.3 Å². The highest BCUT2D eigenvalue weighted by Gasteiger charge is 2.21. The third kappa shape index (κ3) is 4.05. The second-order valence-electron chi connectivity index (χ2n) is 7.36. The zero-order chi connectivity index (χ0) is 20.3. The Morgan fingerprint density at radius 1 is 1.03 bits per heavy atom. The van der Waals surface area contributed by atoms with Gasteiger partial charge in [-0.2, -0.15) is 15.0 Å². The van der Waals surface area contributed by atoms with Crippen LogP contribution in [0.25, 0.3) is 10.2 Å². The smallest absolute Gasteiger partial charge is 0.251 e. The fourth-order valence-electron chi connectivity index (χ4n) is 3.70. The molecule has 2 aromatic heterocycles. The van der Waals surface area contributed by atoms with Crippen molar-refractivity contribution in [2.45, 2.75) is 19.4 Å². The number of rotatable bonds is 5. The second kappa shape index (κ2) is 8.49. The van der Waals surface area contributed by atoms with E-state index in [0.29, 0.717) is 36.5 Å². The van der Waals surface area contributed by atoms with E-state index in [2.05, 4.69) is 30.1 Å². The van der Waals surface area contributed by atoms with Crippen molar-refractivity contribution >= 4 is 39.4 Å². The summed E-state index contributed by atoms with van der Waals surface area (Å²) in [5, 5.41) is 2.95. The van der Waals surface area contributed by atoms with Gasteiger partial charge in [-0.1, -0.05) is 0 Å². The molecule has 1 N–H and O–H groups in total. The fourth-order valence-corrected chi connectivity index (χ4v) is 4.41. The molecule has 0 radical (unpaired) electrons. The first-order valence-electron chi connectivity index (χ1n) is 10.2. The number of nitrogens with one attached hydrogen (secondary N) is 1. The van der Waals surface area contributed by atoms with Crippen molar-refractivity contribution < 1.29 is 9.53 Å². The van der Waals surface area contributed by atoms with E-state index in [0.717, 1.165) is 49.2 Å². The van der Waals surface area contributed by atoms with E-state index in [-0.39, 0.29) is 12.5 Å². The van der Waals surface area contributed by atoms with E-state index in [9.17, 15) is 4.79 Å². The highest BCUT2D eigenvalue weighted by Crippen LogP contribution is 2.21. The molecule has 2 aliphatic rings. The first-order valence-corrected chi connectivity index (χ1v) is 11.1. The summed E-state index contributed by atoms with van der Waals surface area (Å²) in [6.45, 7) is 4.99. The Morgan fingerprint density at radius 2 is 1.77 bits per heavy atom. The summed E-state index contributed by atoms with van der Waals surface area (Å²) in [5.74, 6) is 1.77. The van der Waals surface area contributed by atoms with Crippen LogP contribution in [0.2, 0.25) is 0 Å². The quantitative estimate of drug-likeness (QED) is 0.662. The fraction of sp³-hybridized carbons (Fsp3) is 0.450. The molecule has 5 rings (SSSR count). The molecule has 10 heteroatoms. The van der Waals surface area contributed by atoms with Crippen LogP contribution in [0.4, 0.5) is 11.9 Å². The number of hydrogen-bond donors (Lipinski definition) is 1. The maximum atomic E-state index is 12.7. The van der Waals surface area contributed by atoms with Crippen molar-refractivity contribution in [3.05, 3.63) is 35.1 Å².